The van der Waals surface area contributed by atoms with E-state index in [4.69, 9.17) is 16.3 Å². The van der Waals surface area contributed by atoms with E-state index in [1.165, 1.54) is 18.2 Å². The smallest absolute Gasteiger partial charge is 0.269 e. The van der Waals surface area contributed by atoms with Crippen molar-refractivity contribution in [1.29, 1.82) is 0 Å². The van der Waals surface area contributed by atoms with Gasteiger partial charge in [0.2, 0.25) is 5.91 Å². The number of hydrogen-bond donors (Lipinski definition) is 0. The highest BCUT2D eigenvalue weighted by Gasteiger charge is 2.43. The number of aryl methyl sites for hydroxylation is 1. The zero-order chi connectivity index (χ0) is 22.2. The fourth-order valence-electron chi connectivity index (χ4n) is 4.01. The van der Waals surface area contributed by atoms with Crippen molar-refractivity contribution in [3.8, 4) is 5.75 Å². The topological polar surface area (TPSA) is 89.8 Å². The Balaban J connectivity index is 1.40. The zero-order valence-corrected chi connectivity index (χ0v) is 17.7. The molecule has 0 saturated carbocycles. The van der Waals surface area contributed by atoms with Crippen molar-refractivity contribution in [2.24, 2.45) is 0 Å². The Morgan fingerprint density at radius 3 is 2.55 bits per heavy atom. The summed E-state index contributed by atoms with van der Waals surface area (Å²) in [6, 6.07) is 9.47. The van der Waals surface area contributed by atoms with Crippen LogP contribution in [-0.4, -0.2) is 40.2 Å². The van der Waals surface area contributed by atoms with E-state index in [1.807, 2.05) is 6.92 Å². The van der Waals surface area contributed by atoms with Crippen LogP contribution in [0.3, 0.4) is 0 Å². The number of nitro benzene ring substituents is 1. The van der Waals surface area contributed by atoms with Gasteiger partial charge in [-0.05, 0) is 48.4 Å². The molecule has 2 aliphatic rings. The molecular weight excluding hydrogens is 420 g/mol. The number of benzene rings is 2. The van der Waals surface area contributed by atoms with Crippen molar-refractivity contribution in [2.45, 2.75) is 31.8 Å². The van der Waals surface area contributed by atoms with E-state index in [1.54, 1.807) is 35.2 Å². The fraction of sp³-hybridized carbons (Fsp3) is 0.304. The third-order valence-corrected chi connectivity index (χ3v) is 6.29. The molecule has 0 atom stereocenters. The number of Topliss-reactive ketones (excluding diaryl/α,β-unsaturated/α-hetero) is 1. The summed E-state index contributed by atoms with van der Waals surface area (Å²) in [6.45, 7) is 2.84. The Morgan fingerprint density at radius 1 is 1.23 bits per heavy atom. The SMILES string of the molecule is Cc1cc2c(cc1Cl)C(=O)CC1(CCN(C(=O)/C=C/c3ccc([N+](=O)[O-])cc3)CC1)O2. The van der Waals surface area contributed by atoms with Gasteiger partial charge in [0.25, 0.3) is 5.69 Å². The Morgan fingerprint density at radius 2 is 1.90 bits per heavy atom. The number of non-ortho nitro benzene ring substituents is 1. The molecule has 160 valence electrons. The second kappa shape index (κ2) is 8.15. The molecule has 0 aromatic heterocycles. The van der Waals surface area contributed by atoms with Crippen LogP contribution in [0, 0.1) is 17.0 Å². The number of piperidine rings is 1. The quantitative estimate of drug-likeness (QED) is 0.395. The molecule has 31 heavy (non-hydrogen) atoms. The maximum absolute atomic E-state index is 12.7. The molecule has 2 aliphatic heterocycles. The number of nitrogens with zero attached hydrogens (tertiary/aromatic N) is 2. The summed E-state index contributed by atoms with van der Waals surface area (Å²) < 4.78 is 6.26. The van der Waals surface area contributed by atoms with Crippen molar-refractivity contribution < 1.29 is 19.2 Å². The average molecular weight is 441 g/mol. The molecule has 2 aromatic carbocycles. The van der Waals surface area contributed by atoms with E-state index in [9.17, 15) is 19.7 Å². The number of carbonyl (C=O) groups is 2. The summed E-state index contributed by atoms with van der Waals surface area (Å²) in [6.07, 6.45) is 4.51. The van der Waals surface area contributed by atoms with Crippen LogP contribution in [-0.2, 0) is 4.79 Å². The second-order valence-electron chi connectivity index (χ2n) is 7.99. The van der Waals surface area contributed by atoms with E-state index in [-0.39, 0.29) is 23.8 Å². The van der Waals surface area contributed by atoms with Crippen molar-refractivity contribution in [3.63, 3.8) is 0 Å². The van der Waals surface area contributed by atoms with Crippen molar-refractivity contribution in [2.75, 3.05) is 13.1 Å². The molecule has 0 unspecified atom stereocenters. The number of nitro groups is 1. The van der Waals surface area contributed by atoms with Gasteiger partial charge >= 0.3 is 0 Å². The lowest BCUT2D eigenvalue weighted by Gasteiger charge is -2.43. The largest absolute Gasteiger partial charge is 0.486 e. The predicted molar refractivity (Wildman–Crippen MR) is 116 cm³/mol. The van der Waals surface area contributed by atoms with Crippen molar-refractivity contribution in [1.82, 2.24) is 4.90 Å². The van der Waals surface area contributed by atoms with Crippen molar-refractivity contribution in [3.05, 3.63) is 74.3 Å². The van der Waals surface area contributed by atoms with Gasteiger partial charge in [-0.2, -0.15) is 0 Å². The van der Waals surface area contributed by atoms with Crippen LogP contribution in [0.2, 0.25) is 5.02 Å². The molecule has 4 rings (SSSR count). The first-order chi connectivity index (χ1) is 14.8. The summed E-state index contributed by atoms with van der Waals surface area (Å²) in [5.74, 6) is 0.440. The first kappa shape index (κ1) is 21.1. The summed E-state index contributed by atoms with van der Waals surface area (Å²) in [4.78, 5) is 37.2. The fourth-order valence-corrected chi connectivity index (χ4v) is 4.17. The first-order valence-corrected chi connectivity index (χ1v) is 10.4. The maximum Gasteiger partial charge on any atom is 0.269 e. The number of rotatable bonds is 3. The summed E-state index contributed by atoms with van der Waals surface area (Å²) in [5.41, 5.74) is 1.49. The van der Waals surface area contributed by atoms with Crippen LogP contribution in [0.1, 0.15) is 40.7 Å². The van der Waals surface area contributed by atoms with E-state index in [0.29, 0.717) is 47.8 Å². The monoisotopic (exact) mass is 440 g/mol. The molecule has 1 fully saturated rings. The Hall–Kier alpha value is -3.19. The third kappa shape index (κ3) is 4.32. The first-order valence-electron chi connectivity index (χ1n) is 10.0. The van der Waals surface area contributed by atoms with E-state index in [0.717, 1.165) is 5.56 Å². The number of hydrogen-bond acceptors (Lipinski definition) is 5. The van der Waals surface area contributed by atoms with Gasteiger partial charge in [-0.15, -0.1) is 0 Å². The zero-order valence-electron chi connectivity index (χ0n) is 17.0. The van der Waals surface area contributed by atoms with Crippen LogP contribution in [0.25, 0.3) is 6.08 Å². The van der Waals surface area contributed by atoms with Crippen LogP contribution < -0.4 is 4.74 Å². The lowest BCUT2D eigenvalue weighted by Crippen LogP contribution is -2.52. The van der Waals surface area contributed by atoms with Gasteiger partial charge in [0.1, 0.15) is 11.4 Å². The van der Waals surface area contributed by atoms with E-state index < -0.39 is 10.5 Å². The van der Waals surface area contributed by atoms with Gasteiger partial charge in [0.05, 0.1) is 16.9 Å². The molecule has 0 aliphatic carbocycles. The number of carbonyl (C=O) groups excluding carboxylic acids is 2. The molecule has 1 amide bonds. The molecule has 1 saturated heterocycles. The summed E-state index contributed by atoms with van der Waals surface area (Å²) >= 11 is 6.15. The molecule has 8 heteroatoms. The predicted octanol–water partition coefficient (Wildman–Crippen LogP) is 4.60. The third-order valence-electron chi connectivity index (χ3n) is 5.88. The van der Waals surface area contributed by atoms with Crippen LogP contribution in [0.5, 0.6) is 5.75 Å². The highest BCUT2D eigenvalue weighted by molar-refractivity contribution is 6.31. The van der Waals surface area contributed by atoms with Crippen LogP contribution in [0.15, 0.2) is 42.5 Å². The van der Waals surface area contributed by atoms with Gasteiger partial charge in [0, 0.05) is 49.2 Å². The standard InChI is InChI=1S/C23H21ClN2O5/c1-15-12-21-18(13-19(15)24)20(27)14-23(31-21)8-10-25(11-9-23)22(28)7-4-16-2-5-17(6-3-16)26(29)30/h2-7,12-13H,8-11,14H2,1H3/b7-4+. The minimum Gasteiger partial charge on any atom is -0.486 e. The van der Waals surface area contributed by atoms with E-state index >= 15 is 0 Å². The Kier molecular flexibility index (Phi) is 5.54. The number of fused-ring (bicyclic) bond motifs is 1. The number of halogens is 1. The van der Waals surface area contributed by atoms with Gasteiger partial charge < -0.3 is 9.64 Å². The highest BCUT2D eigenvalue weighted by atomic mass is 35.5. The minimum absolute atomic E-state index is 0.00544. The Bertz CT molecular complexity index is 1090. The average Bonchev–Trinajstić information content (AvgIpc) is 2.74. The summed E-state index contributed by atoms with van der Waals surface area (Å²) in [5, 5.41) is 11.3. The Labute approximate surface area is 184 Å². The van der Waals surface area contributed by atoms with E-state index in [2.05, 4.69) is 0 Å². The maximum atomic E-state index is 12.7. The number of amides is 1. The van der Waals surface area contributed by atoms with Gasteiger partial charge in [-0.25, -0.2) is 0 Å². The summed E-state index contributed by atoms with van der Waals surface area (Å²) in [7, 11) is 0. The molecule has 1 spiro atoms. The number of ether oxygens (including phenoxy) is 1. The molecule has 2 aromatic rings. The van der Waals surface area contributed by atoms with Crippen molar-refractivity contribution >= 4 is 35.1 Å². The molecular formula is C23H21ClN2O5. The lowest BCUT2D eigenvalue weighted by atomic mass is 9.82. The molecule has 7 nitrogen and oxygen atoms in total. The normalized spacial score (nSPS) is 17.5. The van der Waals surface area contributed by atoms with Gasteiger partial charge in [-0.3, -0.25) is 19.7 Å². The minimum atomic E-state index is -0.594. The van der Waals surface area contributed by atoms with Gasteiger partial charge in [0.15, 0.2) is 5.78 Å². The van der Waals surface area contributed by atoms with Gasteiger partial charge in [-0.1, -0.05) is 11.6 Å². The molecule has 0 radical (unpaired) electrons. The molecule has 2 heterocycles. The molecule has 0 bridgehead atoms. The second-order valence-corrected chi connectivity index (χ2v) is 8.40. The molecule has 0 N–H and O–H groups in total. The van der Waals surface area contributed by atoms with Crippen LogP contribution >= 0.6 is 11.6 Å². The lowest BCUT2D eigenvalue weighted by molar-refractivity contribution is -0.384. The number of likely N-dealkylation sites (tertiary alicyclic amines) is 1. The highest BCUT2D eigenvalue weighted by Crippen LogP contribution is 2.41. The number of ketones is 1. The van der Waals surface area contributed by atoms with Crippen LogP contribution in [0.4, 0.5) is 5.69 Å².